The van der Waals surface area contributed by atoms with Gasteiger partial charge in [0.25, 0.3) is 0 Å². The smallest absolute Gasteiger partial charge is 0.150 e. The third-order valence-electron chi connectivity index (χ3n) is 3.30. The highest BCUT2D eigenvalue weighted by Crippen LogP contribution is 2.07. The van der Waals surface area contributed by atoms with Gasteiger partial charge >= 0.3 is 0 Å². The first-order valence-electron chi connectivity index (χ1n) is 6.77. The van der Waals surface area contributed by atoms with Crippen molar-refractivity contribution in [1.29, 1.82) is 0 Å². The molecule has 0 bridgehead atoms. The molecule has 0 saturated carbocycles. The number of nitrogens with one attached hydrogen (secondary N) is 1. The average molecular weight is 262 g/mol. The minimum Gasteiger partial charge on any atom is -0.315 e. The van der Waals surface area contributed by atoms with Crippen LogP contribution in [0.4, 0.5) is 0 Å². The summed E-state index contributed by atoms with van der Waals surface area (Å²) in [6.45, 7) is 7.05. The molecule has 102 valence electrons. The van der Waals surface area contributed by atoms with Gasteiger partial charge < -0.3 is 10.2 Å². The summed E-state index contributed by atoms with van der Waals surface area (Å²) >= 11 is 0. The normalized spacial score (nSPS) is 18.4. The molecule has 1 saturated heterocycles. The van der Waals surface area contributed by atoms with E-state index in [9.17, 15) is 8.42 Å². The van der Waals surface area contributed by atoms with E-state index in [-0.39, 0.29) is 5.75 Å². The monoisotopic (exact) mass is 262 g/mol. The number of piperidine rings is 1. The minimum atomic E-state index is -2.78. The fraction of sp³-hybridized carbons (Fsp3) is 1.00. The Morgan fingerprint density at radius 1 is 1.12 bits per heavy atom. The second kappa shape index (κ2) is 8.06. The Kier molecular flexibility index (Phi) is 7.08. The second-order valence-corrected chi connectivity index (χ2v) is 7.21. The number of sulfone groups is 1. The van der Waals surface area contributed by atoms with E-state index in [1.165, 1.54) is 32.4 Å². The summed E-state index contributed by atoms with van der Waals surface area (Å²) in [6, 6.07) is 0. The number of hydrogen-bond donors (Lipinski definition) is 1. The molecule has 0 unspecified atom stereocenters. The van der Waals surface area contributed by atoms with Crippen molar-refractivity contribution >= 4 is 9.84 Å². The lowest BCUT2D eigenvalue weighted by atomic mass is 10.1. The van der Waals surface area contributed by atoms with Crippen LogP contribution in [0.3, 0.4) is 0 Å². The Balaban J connectivity index is 1.94. The molecule has 1 rings (SSSR count). The Bertz CT molecular complexity index is 285. The van der Waals surface area contributed by atoms with Crippen molar-refractivity contribution in [1.82, 2.24) is 10.2 Å². The summed E-state index contributed by atoms with van der Waals surface area (Å²) in [5, 5.41) is 3.32. The zero-order valence-electron chi connectivity index (χ0n) is 11.0. The topological polar surface area (TPSA) is 49.4 Å². The molecule has 17 heavy (non-hydrogen) atoms. The van der Waals surface area contributed by atoms with E-state index < -0.39 is 9.84 Å². The highest BCUT2D eigenvalue weighted by Gasteiger charge is 2.09. The van der Waals surface area contributed by atoms with Crippen LogP contribution in [0.15, 0.2) is 0 Å². The lowest BCUT2D eigenvalue weighted by Crippen LogP contribution is -2.36. The van der Waals surface area contributed by atoms with Crippen LogP contribution in [-0.2, 0) is 9.84 Å². The van der Waals surface area contributed by atoms with Gasteiger partial charge in [-0.3, -0.25) is 0 Å². The van der Waals surface area contributed by atoms with Crippen molar-refractivity contribution in [2.45, 2.75) is 32.6 Å². The molecule has 0 radical (unpaired) electrons. The Morgan fingerprint density at radius 3 is 2.47 bits per heavy atom. The minimum absolute atomic E-state index is 0.265. The quantitative estimate of drug-likeness (QED) is 0.660. The summed E-state index contributed by atoms with van der Waals surface area (Å²) < 4.78 is 22.5. The lowest BCUT2D eigenvalue weighted by Gasteiger charge is -2.26. The molecule has 1 aliphatic rings. The van der Waals surface area contributed by atoms with Crippen LogP contribution < -0.4 is 5.32 Å². The molecule has 0 aromatic carbocycles. The van der Waals surface area contributed by atoms with Crippen molar-refractivity contribution in [3.05, 3.63) is 0 Å². The van der Waals surface area contributed by atoms with E-state index in [4.69, 9.17) is 0 Å². The van der Waals surface area contributed by atoms with E-state index >= 15 is 0 Å². The van der Waals surface area contributed by atoms with Gasteiger partial charge in [0.05, 0.1) is 5.75 Å². The van der Waals surface area contributed by atoms with Crippen LogP contribution in [0, 0.1) is 0 Å². The Hall–Kier alpha value is -0.130. The van der Waals surface area contributed by atoms with Crippen LogP contribution >= 0.6 is 0 Å². The number of hydrogen-bond acceptors (Lipinski definition) is 4. The van der Waals surface area contributed by atoms with Gasteiger partial charge in [0, 0.05) is 18.8 Å². The number of rotatable bonds is 8. The zero-order valence-corrected chi connectivity index (χ0v) is 11.8. The van der Waals surface area contributed by atoms with E-state index in [1.54, 1.807) is 6.92 Å². The molecule has 1 heterocycles. The molecule has 5 heteroatoms. The predicted molar refractivity (Wildman–Crippen MR) is 72.1 cm³/mol. The van der Waals surface area contributed by atoms with Gasteiger partial charge in [0.15, 0.2) is 0 Å². The molecule has 4 nitrogen and oxygen atoms in total. The SMILES string of the molecule is CCS(=O)(=O)CCCNCCN1CCCCC1. The molecular formula is C12H26N2O2S. The largest absolute Gasteiger partial charge is 0.315 e. The molecule has 0 atom stereocenters. The van der Waals surface area contributed by atoms with Gasteiger partial charge in [-0.1, -0.05) is 13.3 Å². The standard InChI is InChI=1S/C12H26N2O2S/c1-2-17(15,16)12-6-7-13-8-11-14-9-4-3-5-10-14/h13H,2-12H2,1H3. The van der Waals surface area contributed by atoms with Gasteiger partial charge in [0.1, 0.15) is 9.84 Å². The van der Waals surface area contributed by atoms with Gasteiger partial charge in [-0.15, -0.1) is 0 Å². The van der Waals surface area contributed by atoms with Gasteiger partial charge in [0.2, 0.25) is 0 Å². The Labute approximate surface area is 106 Å². The van der Waals surface area contributed by atoms with E-state index in [2.05, 4.69) is 10.2 Å². The molecule has 0 aromatic rings. The second-order valence-electron chi connectivity index (χ2n) is 4.74. The molecule has 0 aliphatic carbocycles. The Morgan fingerprint density at radius 2 is 1.82 bits per heavy atom. The first-order valence-corrected chi connectivity index (χ1v) is 8.59. The van der Waals surface area contributed by atoms with Crippen LogP contribution in [0.1, 0.15) is 32.6 Å². The molecule has 0 amide bonds. The van der Waals surface area contributed by atoms with Gasteiger partial charge in [-0.2, -0.15) is 0 Å². The van der Waals surface area contributed by atoms with E-state index in [0.717, 1.165) is 26.1 Å². The lowest BCUT2D eigenvalue weighted by molar-refractivity contribution is 0.229. The number of nitrogens with zero attached hydrogens (tertiary/aromatic N) is 1. The van der Waals surface area contributed by atoms with Crippen molar-refractivity contribution in [3.8, 4) is 0 Å². The van der Waals surface area contributed by atoms with Crippen LogP contribution in [-0.4, -0.2) is 57.5 Å². The maximum Gasteiger partial charge on any atom is 0.150 e. The van der Waals surface area contributed by atoms with Crippen molar-refractivity contribution in [2.24, 2.45) is 0 Å². The fourth-order valence-corrected chi connectivity index (χ4v) is 2.98. The molecule has 0 spiro atoms. The molecular weight excluding hydrogens is 236 g/mol. The van der Waals surface area contributed by atoms with Gasteiger partial charge in [-0.25, -0.2) is 8.42 Å². The van der Waals surface area contributed by atoms with Crippen LogP contribution in [0.5, 0.6) is 0 Å². The summed E-state index contributed by atoms with van der Waals surface area (Å²) in [4.78, 5) is 2.49. The summed E-state index contributed by atoms with van der Waals surface area (Å²) in [5.74, 6) is 0.584. The number of likely N-dealkylation sites (tertiary alicyclic amines) is 1. The van der Waals surface area contributed by atoms with E-state index in [0.29, 0.717) is 5.75 Å². The average Bonchev–Trinajstić information content (AvgIpc) is 2.35. The first kappa shape index (κ1) is 14.9. The van der Waals surface area contributed by atoms with E-state index in [1.807, 2.05) is 0 Å². The van der Waals surface area contributed by atoms with Crippen molar-refractivity contribution in [3.63, 3.8) is 0 Å². The highest BCUT2D eigenvalue weighted by atomic mass is 32.2. The van der Waals surface area contributed by atoms with Crippen molar-refractivity contribution < 1.29 is 8.42 Å². The van der Waals surface area contributed by atoms with Crippen LogP contribution in [0.25, 0.3) is 0 Å². The molecule has 1 fully saturated rings. The molecule has 1 aliphatic heterocycles. The molecule has 0 aromatic heterocycles. The third-order valence-corrected chi connectivity index (χ3v) is 5.09. The summed E-state index contributed by atoms with van der Waals surface area (Å²) in [7, 11) is -2.78. The maximum absolute atomic E-state index is 11.2. The summed E-state index contributed by atoms with van der Waals surface area (Å²) in [6.07, 6.45) is 4.76. The zero-order chi connectivity index (χ0) is 12.6. The van der Waals surface area contributed by atoms with Crippen LogP contribution in [0.2, 0.25) is 0 Å². The maximum atomic E-state index is 11.2. The fourth-order valence-electron chi connectivity index (χ4n) is 2.11. The third kappa shape index (κ3) is 7.01. The first-order chi connectivity index (χ1) is 8.14. The summed E-state index contributed by atoms with van der Waals surface area (Å²) in [5.41, 5.74) is 0. The molecule has 1 N–H and O–H groups in total. The van der Waals surface area contributed by atoms with Gasteiger partial charge in [-0.05, 0) is 38.9 Å². The predicted octanol–water partition coefficient (Wildman–Crippen LogP) is 0.887. The highest BCUT2D eigenvalue weighted by molar-refractivity contribution is 7.91. The van der Waals surface area contributed by atoms with Crippen molar-refractivity contribution in [2.75, 3.05) is 44.2 Å².